The smallest absolute Gasteiger partial charge is 0.416 e. The number of amides is 1. The highest BCUT2D eigenvalue weighted by Crippen LogP contribution is 2.30. The standard InChI is InChI=1S/C21H19F3N2O2S/c1-13-18(29-20(26-13)15-5-9-17(28-2)10-6-15)11-12-25-19(27)14-3-7-16(8-4-14)21(22,23)24/h3-10H,11-12H2,1-2H3,(H,25,27). The molecule has 0 bridgehead atoms. The quantitative estimate of drug-likeness (QED) is 0.602. The Morgan fingerprint density at radius 3 is 2.34 bits per heavy atom. The van der Waals surface area contributed by atoms with Crippen molar-refractivity contribution in [3.63, 3.8) is 0 Å². The minimum Gasteiger partial charge on any atom is -0.497 e. The first kappa shape index (κ1) is 20.9. The zero-order valence-electron chi connectivity index (χ0n) is 15.8. The molecule has 0 radical (unpaired) electrons. The second kappa shape index (κ2) is 8.65. The Labute approximate surface area is 170 Å². The van der Waals surface area contributed by atoms with Gasteiger partial charge in [-0.15, -0.1) is 11.3 Å². The van der Waals surface area contributed by atoms with E-state index in [1.165, 1.54) is 12.1 Å². The molecule has 3 aromatic rings. The molecular formula is C21H19F3N2O2S. The molecule has 1 N–H and O–H groups in total. The second-order valence-electron chi connectivity index (χ2n) is 6.34. The van der Waals surface area contributed by atoms with E-state index in [0.29, 0.717) is 13.0 Å². The van der Waals surface area contributed by atoms with Gasteiger partial charge in [-0.25, -0.2) is 4.98 Å². The maximum Gasteiger partial charge on any atom is 0.416 e. The zero-order chi connectivity index (χ0) is 21.0. The number of nitrogens with zero attached hydrogens (tertiary/aromatic N) is 1. The highest BCUT2D eigenvalue weighted by atomic mass is 32.1. The average molecular weight is 420 g/mol. The summed E-state index contributed by atoms with van der Waals surface area (Å²) >= 11 is 1.55. The Morgan fingerprint density at radius 1 is 1.10 bits per heavy atom. The molecule has 3 rings (SSSR count). The van der Waals surface area contributed by atoms with Crippen molar-refractivity contribution in [3.8, 4) is 16.3 Å². The molecule has 0 aliphatic rings. The third-order valence-corrected chi connectivity index (χ3v) is 5.61. The van der Waals surface area contributed by atoms with E-state index >= 15 is 0 Å². The molecule has 1 heterocycles. The number of benzene rings is 2. The van der Waals surface area contributed by atoms with Crippen LogP contribution in [0, 0.1) is 6.92 Å². The number of carbonyl (C=O) groups excluding carboxylic acids is 1. The fourth-order valence-corrected chi connectivity index (χ4v) is 3.79. The number of aromatic nitrogens is 1. The molecule has 0 saturated carbocycles. The topological polar surface area (TPSA) is 51.2 Å². The van der Waals surface area contributed by atoms with E-state index in [9.17, 15) is 18.0 Å². The van der Waals surface area contributed by atoms with Crippen molar-refractivity contribution in [3.05, 3.63) is 70.2 Å². The van der Waals surface area contributed by atoms with Crippen molar-refractivity contribution in [2.75, 3.05) is 13.7 Å². The number of ether oxygens (including phenoxy) is 1. The lowest BCUT2D eigenvalue weighted by Crippen LogP contribution is -2.25. The van der Waals surface area contributed by atoms with Crippen LogP contribution in [0.2, 0.25) is 0 Å². The van der Waals surface area contributed by atoms with E-state index in [2.05, 4.69) is 10.3 Å². The maximum absolute atomic E-state index is 12.6. The molecule has 0 spiro atoms. The highest BCUT2D eigenvalue weighted by Gasteiger charge is 2.30. The lowest BCUT2D eigenvalue weighted by atomic mass is 10.1. The van der Waals surface area contributed by atoms with Crippen LogP contribution in [0.15, 0.2) is 48.5 Å². The largest absolute Gasteiger partial charge is 0.497 e. The molecule has 2 aromatic carbocycles. The summed E-state index contributed by atoms with van der Waals surface area (Å²) in [6, 6.07) is 11.8. The van der Waals surface area contributed by atoms with Gasteiger partial charge in [0.05, 0.1) is 18.4 Å². The van der Waals surface area contributed by atoms with Crippen molar-refractivity contribution in [2.24, 2.45) is 0 Å². The molecule has 8 heteroatoms. The zero-order valence-corrected chi connectivity index (χ0v) is 16.7. The Balaban J connectivity index is 1.59. The van der Waals surface area contributed by atoms with E-state index in [0.717, 1.165) is 39.0 Å². The first-order chi connectivity index (χ1) is 13.8. The lowest BCUT2D eigenvalue weighted by molar-refractivity contribution is -0.137. The van der Waals surface area contributed by atoms with Crippen LogP contribution < -0.4 is 10.1 Å². The summed E-state index contributed by atoms with van der Waals surface area (Å²) in [4.78, 5) is 17.8. The fourth-order valence-electron chi connectivity index (χ4n) is 2.72. The number of carbonyl (C=O) groups is 1. The predicted molar refractivity (Wildman–Crippen MR) is 106 cm³/mol. The van der Waals surface area contributed by atoms with Crippen LogP contribution in [0.5, 0.6) is 5.75 Å². The highest BCUT2D eigenvalue weighted by molar-refractivity contribution is 7.15. The number of halogens is 3. The molecule has 0 fully saturated rings. The number of alkyl halides is 3. The summed E-state index contributed by atoms with van der Waals surface area (Å²) in [5.41, 5.74) is 1.29. The van der Waals surface area contributed by atoms with Gasteiger partial charge in [0.1, 0.15) is 10.8 Å². The number of thiazole rings is 1. The predicted octanol–water partition coefficient (Wildman–Crippen LogP) is 5.12. The van der Waals surface area contributed by atoms with Gasteiger partial charge in [-0.1, -0.05) is 0 Å². The van der Waals surface area contributed by atoms with Crippen molar-refractivity contribution < 1.29 is 22.7 Å². The van der Waals surface area contributed by atoms with E-state index in [4.69, 9.17) is 4.74 Å². The molecule has 0 unspecified atom stereocenters. The van der Waals surface area contributed by atoms with Gasteiger partial charge in [-0.2, -0.15) is 13.2 Å². The van der Waals surface area contributed by atoms with Crippen molar-refractivity contribution in [1.82, 2.24) is 10.3 Å². The van der Waals surface area contributed by atoms with Gasteiger partial charge in [0.15, 0.2) is 0 Å². The first-order valence-corrected chi connectivity index (χ1v) is 9.66. The van der Waals surface area contributed by atoms with E-state index in [-0.39, 0.29) is 5.56 Å². The Hall–Kier alpha value is -2.87. The SMILES string of the molecule is COc1ccc(-c2nc(C)c(CCNC(=O)c3ccc(C(F)(F)F)cc3)s2)cc1. The monoisotopic (exact) mass is 420 g/mol. The van der Waals surface area contributed by atoms with Crippen LogP contribution in [0.25, 0.3) is 10.6 Å². The molecule has 0 saturated heterocycles. The van der Waals surface area contributed by atoms with Gasteiger partial charge < -0.3 is 10.1 Å². The molecule has 29 heavy (non-hydrogen) atoms. The van der Waals surface area contributed by atoms with Gasteiger partial charge in [0, 0.05) is 29.0 Å². The molecule has 1 aromatic heterocycles. The van der Waals surface area contributed by atoms with Crippen molar-refractivity contribution in [2.45, 2.75) is 19.5 Å². The van der Waals surface area contributed by atoms with Crippen LogP contribution in [0.4, 0.5) is 13.2 Å². The molecule has 0 aliphatic heterocycles. The summed E-state index contributed by atoms with van der Waals surface area (Å²) in [5.74, 6) is 0.365. The number of hydrogen-bond acceptors (Lipinski definition) is 4. The average Bonchev–Trinajstić information content (AvgIpc) is 3.08. The number of methoxy groups -OCH3 is 1. The van der Waals surface area contributed by atoms with Gasteiger partial charge in [0.2, 0.25) is 0 Å². The fraction of sp³-hybridized carbons (Fsp3) is 0.238. The summed E-state index contributed by atoms with van der Waals surface area (Å²) in [7, 11) is 1.61. The molecule has 1 amide bonds. The van der Waals surface area contributed by atoms with Crippen molar-refractivity contribution >= 4 is 17.2 Å². The Morgan fingerprint density at radius 2 is 1.76 bits per heavy atom. The third kappa shape index (κ3) is 5.14. The number of rotatable bonds is 6. The van der Waals surface area contributed by atoms with E-state index in [1.807, 2.05) is 31.2 Å². The van der Waals surface area contributed by atoms with E-state index < -0.39 is 17.6 Å². The summed E-state index contributed by atoms with van der Waals surface area (Å²) in [6.45, 7) is 2.28. The number of nitrogens with one attached hydrogen (secondary N) is 1. The van der Waals surface area contributed by atoms with Gasteiger partial charge >= 0.3 is 6.18 Å². The minimum absolute atomic E-state index is 0.193. The van der Waals surface area contributed by atoms with Gasteiger partial charge in [-0.05, 0) is 55.5 Å². The minimum atomic E-state index is -4.42. The van der Waals surface area contributed by atoms with Crippen LogP contribution in [0.3, 0.4) is 0 Å². The van der Waals surface area contributed by atoms with Crippen LogP contribution in [-0.4, -0.2) is 24.5 Å². The second-order valence-corrected chi connectivity index (χ2v) is 7.42. The normalized spacial score (nSPS) is 11.3. The molecular weight excluding hydrogens is 401 g/mol. The van der Waals surface area contributed by atoms with Gasteiger partial charge in [0.25, 0.3) is 5.91 Å². The van der Waals surface area contributed by atoms with Crippen molar-refractivity contribution in [1.29, 1.82) is 0 Å². The van der Waals surface area contributed by atoms with Crippen LogP contribution in [0.1, 0.15) is 26.5 Å². The summed E-state index contributed by atoms with van der Waals surface area (Å²) < 4.78 is 43.0. The summed E-state index contributed by atoms with van der Waals surface area (Å²) in [6.07, 6.45) is -3.83. The summed E-state index contributed by atoms with van der Waals surface area (Å²) in [5, 5.41) is 3.62. The third-order valence-electron chi connectivity index (χ3n) is 4.34. The lowest BCUT2D eigenvalue weighted by Gasteiger charge is -2.08. The first-order valence-electron chi connectivity index (χ1n) is 8.84. The Bertz CT molecular complexity index is 981. The molecule has 0 aliphatic carbocycles. The molecule has 0 atom stereocenters. The van der Waals surface area contributed by atoms with Crippen LogP contribution >= 0.6 is 11.3 Å². The Kier molecular flexibility index (Phi) is 6.22. The maximum atomic E-state index is 12.6. The molecule has 152 valence electrons. The van der Waals surface area contributed by atoms with E-state index in [1.54, 1.807) is 18.4 Å². The number of hydrogen-bond donors (Lipinski definition) is 1. The number of aryl methyl sites for hydroxylation is 1. The molecule has 4 nitrogen and oxygen atoms in total. The van der Waals surface area contributed by atoms with Crippen LogP contribution in [-0.2, 0) is 12.6 Å². The van der Waals surface area contributed by atoms with Gasteiger partial charge in [-0.3, -0.25) is 4.79 Å².